The maximum atomic E-state index is 11.2. The van der Waals surface area contributed by atoms with E-state index in [0.29, 0.717) is 17.7 Å². The van der Waals surface area contributed by atoms with Gasteiger partial charge in [-0.1, -0.05) is 0 Å². The summed E-state index contributed by atoms with van der Waals surface area (Å²) in [5.41, 5.74) is 0.635. The van der Waals surface area contributed by atoms with Gasteiger partial charge < -0.3 is 4.90 Å². The maximum absolute atomic E-state index is 11.2. The molecule has 0 bridgehead atoms. The molecule has 0 amide bonds. The molecule has 1 aliphatic heterocycles. The van der Waals surface area contributed by atoms with Gasteiger partial charge in [0.1, 0.15) is 5.69 Å². The summed E-state index contributed by atoms with van der Waals surface area (Å²) in [6, 6.07) is 0.639. The van der Waals surface area contributed by atoms with Crippen LogP contribution in [0.3, 0.4) is 0 Å². The van der Waals surface area contributed by atoms with E-state index in [4.69, 9.17) is 0 Å². The molecule has 94 valence electrons. The van der Waals surface area contributed by atoms with Crippen LogP contribution in [0.2, 0.25) is 0 Å². The van der Waals surface area contributed by atoms with Gasteiger partial charge in [0.25, 0.3) is 0 Å². The zero-order valence-electron chi connectivity index (χ0n) is 10.8. The molecule has 17 heavy (non-hydrogen) atoms. The number of carbonyl (C=O) groups excluding carboxylic acids is 1. The largest absolute Gasteiger partial charge is 0.301 e. The highest BCUT2D eigenvalue weighted by molar-refractivity contribution is 7.09. The Hall–Kier alpha value is -0.740. The molecule has 1 saturated heterocycles. The first-order valence-electron chi connectivity index (χ1n) is 6.28. The summed E-state index contributed by atoms with van der Waals surface area (Å²) in [4.78, 5) is 18.2. The van der Waals surface area contributed by atoms with Crippen molar-refractivity contribution in [1.29, 1.82) is 0 Å². The minimum absolute atomic E-state index is 0.0760. The number of carbonyl (C=O) groups is 1. The molecule has 4 heteroatoms. The first kappa shape index (κ1) is 12.7. The molecule has 0 saturated carbocycles. The topological polar surface area (TPSA) is 33.2 Å². The van der Waals surface area contributed by atoms with Gasteiger partial charge in [-0.3, -0.25) is 4.79 Å². The van der Waals surface area contributed by atoms with E-state index in [-0.39, 0.29) is 5.78 Å². The summed E-state index contributed by atoms with van der Waals surface area (Å²) in [7, 11) is 0. The fraction of sp³-hybridized carbons (Fsp3) is 0.692. The molecular formula is C13H20N2OS. The fourth-order valence-electron chi connectivity index (χ4n) is 2.30. The van der Waals surface area contributed by atoms with Crippen molar-refractivity contribution in [3.05, 3.63) is 16.1 Å². The molecule has 0 aliphatic carbocycles. The molecule has 0 unspecified atom stereocenters. The Balaban J connectivity index is 1.98. The van der Waals surface area contributed by atoms with Gasteiger partial charge in [-0.2, -0.15) is 0 Å². The molecule has 0 spiro atoms. The highest BCUT2D eigenvalue weighted by Gasteiger charge is 2.24. The average Bonchev–Trinajstić information content (AvgIpc) is 2.78. The third-order valence-corrected chi connectivity index (χ3v) is 4.50. The number of hydrogen-bond acceptors (Lipinski definition) is 4. The zero-order valence-corrected chi connectivity index (χ0v) is 11.6. The standard InChI is InChI=1S/C13H20N2OS/c1-9(2)15-6-4-11(5-7-15)13-14-12(8-17-13)10(3)16/h8-9,11H,4-7H2,1-3H3. The van der Waals surface area contributed by atoms with Crippen molar-refractivity contribution in [2.45, 2.75) is 45.6 Å². The lowest BCUT2D eigenvalue weighted by Gasteiger charge is -2.33. The third kappa shape index (κ3) is 2.93. The number of hydrogen-bond donors (Lipinski definition) is 0. The lowest BCUT2D eigenvalue weighted by atomic mass is 9.97. The predicted octanol–water partition coefficient (Wildman–Crippen LogP) is 2.93. The summed E-state index contributed by atoms with van der Waals surface area (Å²) in [5.74, 6) is 0.634. The van der Waals surface area contributed by atoms with Crippen LogP contribution in [0.25, 0.3) is 0 Å². The second kappa shape index (κ2) is 5.27. The van der Waals surface area contributed by atoms with Gasteiger partial charge >= 0.3 is 0 Å². The van der Waals surface area contributed by atoms with Crippen LogP contribution in [-0.2, 0) is 0 Å². The number of rotatable bonds is 3. The third-order valence-electron chi connectivity index (χ3n) is 3.49. The Morgan fingerprint density at radius 1 is 1.47 bits per heavy atom. The van der Waals surface area contributed by atoms with E-state index in [9.17, 15) is 4.79 Å². The van der Waals surface area contributed by atoms with Crippen LogP contribution < -0.4 is 0 Å². The molecule has 3 nitrogen and oxygen atoms in total. The van der Waals surface area contributed by atoms with Gasteiger partial charge in [0.15, 0.2) is 5.78 Å². The summed E-state index contributed by atoms with van der Waals surface area (Å²) < 4.78 is 0. The summed E-state index contributed by atoms with van der Waals surface area (Å²) >= 11 is 1.64. The number of ketones is 1. The molecule has 0 atom stereocenters. The van der Waals surface area contributed by atoms with Crippen molar-refractivity contribution in [2.75, 3.05) is 13.1 Å². The normalized spacial score (nSPS) is 18.8. The number of likely N-dealkylation sites (tertiary alicyclic amines) is 1. The van der Waals surface area contributed by atoms with E-state index in [1.54, 1.807) is 18.3 Å². The van der Waals surface area contributed by atoms with Crippen molar-refractivity contribution in [1.82, 2.24) is 9.88 Å². The molecule has 1 aromatic heterocycles. The Morgan fingerprint density at radius 3 is 2.59 bits per heavy atom. The van der Waals surface area contributed by atoms with Gasteiger partial charge in [0, 0.05) is 24.3 Å². The van der Waals surface area contributed by atoms with Gasteiger partial charge in [0.2, 0.25) is 0 Å². The highest BCUT2D eigenvalue weighted by atomic mass is 32.1. The Bertz CT molecular complexity index is 392. The summed E-state index contributed by atoms with van der Waals surface area (Å²) in [5, 5.41) is 3.05. The monoisotopic (exact) mass is 252 g/mol. The molecule has 0 radical (unpaired) electrons. The van der Waals surface area contributed by atoms with Gasteiger partial charge in [-0.05, 0) is 39.8 Å². The van der Waals surface area contributed by atoms with E-state index in [1.165, 1.54) is 12.8 Å². The van der Waals surface area contributed by atoms with Gasteiger partial charge in [-0.25, -0.2) is 4.98 Å². The van der Waals surface area contributed by atoms with Crippen molar-refractivity contribution in [3.8, 4) is 0 Å². The number of nitrogens with zero attached hydrogens (tertiary/aromatic N) is 2. The van der Waals surface area contributed by atoms with E-state index < -0.39 is 0 Å². The first-order valence-corrected chi connectivity index (χ1v) is 7.16. The van der Waals surface area contributed by atoms with Crippen molar-refractivity contribution >= 4 is 17.1 Å². The molecule has 1 aliphatic rings. The van der Waals surface area contributed by atoms with Crippen LogP contribution in [0.5, 0.6) is 0 Å². The van der Waals surface area contributed by atoms with Crippen molar-refractivity contribution in [3.63, 3.8) is 0 Å². The van der Waals surface area contributed by atoms with Crippen molar-refractivity contribution in [2.24, 2.45) is 0 Å². The van der Waals surface area contributed by atoms with E-state index in [1.807, 2.05) is 5.38 Å². The minimum atomic E-state index is 0.0760. The SMILES string of the molecule is CC(=O)c1csc(C2CCN(C(C)C)CC2)n1. The zero-order chi connectivity index (χ0) is 12.4. The average molecular weight is 252 g/mol. The summed E-state index contributed by atoms with van der Waals surface area (Å²) in [6.45, 7) is 8.38. The highest BCUT2D eigenvalue weighted by Crippen LogP contribution is 2.30. The maximum Gasteiger partial charge on any atom is 0.178 e. The number of Topliss-reactive ketones (excluding diaryl/α,β-unsaturated/α-hetero) is 1. The predicted molar refractivity (Wildman–Crippen MR) is 70.8 cm³/mol. The lowest BCUT2D eigenvalue weighted by Crippen LogP contribution is -2.37. The quantitative estimate of drug-likeness (QED) is 0.775. The second-order valence-electron chi connectivity index (χ2n) is 5.03. The van der Waals surface area contributed by atoms with Crippen LogP contribution in [0, 0.1) is 0 Å². The second-order valence-corrected chi connectivity index (χ2v) is 5.92. The first-order chi connectivity index (χ1) is 8.08. The number of piperidine rings is 1. The molecule has 1 fully saturated rings. The number of aromatic nitrogens is 1. The Kier molecular flexibility index (Phi) is 3.94. The molecular weight excluding hydrogens is 232 g/mol. The minimum Gasteiger partial charge on any atom is -0.301 e. The van der Waals surface area contributed by atoms with Crippen LogP contribution in [-0.4, -0.2) is 34.8 Å². The Labute approximate surface area is 107 Å². The molecule has 0 N–H and O–H groups in total. The van der Waals surface area contributed by atoms with Gasteiger partial charge in [-0.15, -0.1) is 11.3 Å². The van der Waals surface area contributed by atoms with Crippen LogP contribution in [0.1, 0.15) is 55.0 Å². The number of thiazole rings is 1. The van der Waals surface area contributed by atoms with E-state index in [0.717, 1.165) is 18.1 Å². The molecule has 2 rings (SSSR count). The van der Waals surface area contributed by atoms with E-state index in [2.05, 4.69) is 23.7 Å². The Morgan fingerprint density at radius 2 is 2.12 bits per heavy atom. The molecule has 1 aromatic rings. The molecule has 0 aromatic carbocycles. The summed E-state index contributed by atoms with van der Waals surface area (Å²) in [6.07, 6.45) is 2.34. The van der Waals surface area contributed by atoms with Crippen LogP contribution in [0.15, 0.2) is 5.38 Å². The smallest absolute Gasteiger partial charge is 0.178 e. The fourth-order valence-corrected chi connectivity index (χ4v) is 3.33. The van der Waals surface area contributed by atoms with Crippen molar-refractivity contribution < 1.29 is 4.79 Å². The van der Waals surface area contributed by atoms with E-state index >= 15 is 0 Å². The van der Waals surface area contributed by atoms with Gasteiger partial charge in [0.05, 0.1) is 5.01 Å². The molecule has 2 heterocycles. The lowest BCUT2D eigenvalue weighted by molar-refractivity contribution is 0.101. The van der Waals surface area contributed by atoms with Crippen LogP contribution in [0.4, 0.5) is 0 Å². The van der Waals surface area contributed by atoms with Crippen LogP contribution >= 0.6 is 11.3 Å².